The lowest BCUT2D eigenvalue weighted by Gasteiger charge is -2.20. The molecule has 0 saturated carbocycles. The van der Waals surface area contributed by atoms with E-state index in [1.54, 1.807) is 10.6 Å². The highest BCUT2D eigenvalue weighted by atomic mass is 32.1. The number of aliphatic hydroxyl groups excluding tert-OH is 1. The number of esters is 1. The lowest BCUT2D eigenvalue weighted by atomic mass is 10.1. The third-order valence-electron chi connectivity index (χ3n) is 5.05. The molecule has 0 aliphatic rings. The van der Waals surface area contributed by atoms with E-state index in [-0.39, 0.29) is 19.1 Å². The van der Waals surface area contributed by atoms with Gasteiger partial charge in [-0.15, -0.1) is 11.3 Å². The van der Waals surface area contributed by atoms with Crippen molar-refractivity contribution in [3.63, 3.8) is 0 Å². The number of benzene rings is 2. The van der Waals surface area contributed by atoms with Crippen LogP contribution in [0.2, 0.25) is 0 Å². The van der Waals surface area contributed by atoms with Gasteiger partial charge in [0.1, 0.15) is 17.8 Å². The SMILES string of the molecule is CC(C)(C)OC(=O)Cn1c(C(=O)Nc2nc(-c3ccccc3)c(CCO)s2)cc2ccccc21. The number of aromatic nitrogens is 2. The number of amides is 1. The number of nitrogens with zero attached hydrogens (tertiary/aromatic N) is 2. The Bertz CT molecular complexity index is 1320. The quantitative estimate of drug-likeness (QED) is 0.370. The number of carbonyl (C=O) groups is 2. The van der Waals surface area contributed by atoms with Crippen molar-refractivity contribution in [3.05, 3.63) is 71.2 Å². The third kappa shape index (κ3) is 5.35. The van der Waals surface area contributed by atoms with Crippen molar-refractivity contribution in [2.24, 2.45) is 0 Å². The molecule has 34 heavy (non-hydrogen) atoms. The van der Waals surface area contributed by atoms with Crippen molar-refractivity contribution < 1.29 is 19.4 Å². The fourth-order valence-electron chi connectivity index (χ4n) is 3.73. The Morgan fingerprint density at radius 3 is 2.50 bits per heavy atom. The van der Waals surface area contributed by atoms with Gasteiger partial charge in [-0.25, -0.2) is 4.98 Å². The van der Waals surface area contributed by atoms with E-state index in [9.17, 15) is 14.7 Å². The van der Waals surface area contributed by atoms with E-state index in [0.29, 0.717) is 17.2 Å². The van der Waals surface area contributed by atoms with Crippen molar-refractivity contribution in [2.45, 2.75) is 39.3 Å². The lowest BCUT2D eigenvalue weighted by molar-refractivity contribution is -0.155. The summed E-state index contributed by atoms with van der Waals surface area (Å²) in [5.74, 6) is -0.794. The maximum atomic E-state index is 13.3. The van der Waals surface area contributed by atoms with Gasteiger partial charge >= 0.3 is 5.97 Å². The van der Waals surface area contributed by atoms with Gasteiger partial charge in [-0.05, 0) is 32.9 Å². The first-order valence-corrected chi connectivity index (χ1v) is 11.8. The number of nitrogens with one attached hydrogen (secondary N) is 1. The minimum atomic E-state index is -0.625. The second-order valence-electron chi connectivity index (χ2n) is 8.85. The summed E-state index contributed by atoms with van der Waals surface area (Å²) in [6.45, 7) is 5.32. The summed E-state index contributed by atoms with van der Waals surface area (Å²) in [5.41, 5.74) is 2.14. The first-order valence-electron chi connectivity index (χ1n) is 11.0. The van der Waals surface area contributed by atoms with Crippen molar-refractivity contribution in [2.75, 3.05) is 11.9 Å². The Morgan fingerprint density at radius 2 is 1.79 bits per heavy atom. The second-order valence-corrected chi connectivity index (χ2v) is 9.93. The molecule has 8 heteroatoms. The summed E-state index contributed by atoms with van der Waals surface area (Å²) in [5, 5.41) is 13.7. The Labute approximate surface area is 202 Å². The summed E-state index contributed by atoms with van der Waals surface area (Å²) in [4.78, 5) is 31.4. The summed E-state index contributed by atoms with van der Waals surface area (Å²) in [6, 6.07) is 18.9. The molecule has 0 fully saturated rings. The topological polar surface area (TPSA) is 93.5 Å². The van der Waals surface area contributed by atoms with Crippen LogP contribution >= 0.6 is 11.3 Å². The number of ether oxygens (including phenoxy) is 1. The molecule has 0 saturated heterocycles. The molecule has 0 unspecified atom stereocenters. The second kappa shape index (κ2) is 9.79. The highest BCUT2D eigenvalue weighted by Gasteiger charge is 2.23. The van der Waals surface area contributed by atoms with Crippen molar-refractivity contribution in [1.82, 2.24) is 9.55 Å². The largest absolute Gasteiger partial charge is 0.459 e. The molecule has 176 valence electrons. The van der Waals surface area contributed by atoms with Gasteiger partial charge in [0.05, 0.1) is 5.69 Å². The predicted octanol–water partition coefficient (Wildman–Crippen LogP) is 4.89. The van der Waals surface area contributed by atoms with E-state index < -0.39 is 11.6 Å². The Kier molecular flexibility index (Phi) is 6.81. The van der Waals surface area contributed by atoms with E-state index in [4.69, 9.17) is 4.74 Å². The molecule has 0 aliphatic carbocycles. The minimum Gasteiger partial charge on any atom is -0.459 e. The molecule has 2 aromatic heterocycles. The van der Waals surface area contributed by atoms with Gasteiger partial charge in [0, 0.05) is 34.4 Å². The number of hydrogen-bond donors (Lipinski definition) is 2. The zero-order valence-electron chi connectivity index (χ0n) is 19.4. The predicted molar refractivity (Wildman–Crippen MR) is 134 cm³/mol. The standard InChI is InChI=1S/C26H27N3O4S/c1-26(2,3)33-22(31)16-29-19-12-8-7-11-18(19)15-20(29)24(32)28-25-27-23(21(34-25)13-14-30)17-9-5-4-6-10-17/h4-12,15,30H,13-14,16H2,1-3H3,(H,27,28,32). The van der Waals surface area contributed by atoms with Gasteiger partial charge in [0.2, 0.25) is 0 Å². The van der Waals surface area contributed by atoms with Crippen LogP contribution < -0.4 is 5.32 Å². The smallest absolute Gasteiger partial charge is 0.326 e. The summed E-state index contributed by atoms with van der Waals surface area (Å²) >= 11 is 1.33. The molecule has 0 aliphatic heterocycles. The highest BCUT2D eigenvalue weighted by molar-refractivity contribution is 7.16. The lowest BCUT2D eigenvalue weighted by Crippen LogP contribution is -2.28. The summed E-state index contributed by atoms with van der Waals surface area (Å²) in [7, 11) is 0. The number of carbonyl (C=O) groups excluding carboxylic acids is 2. The van der Waals surface area contributed by atoms with Crippen LogP contribution in [0.1, 0.15) is 36.1 Å². The number of aliphatic hydroxyl groups is 1. The number of rotatable bonds is 7. The molecule has 2 heterocycles. The van der Waals surface area contributed by atoms with E-state index in [0.717, 1.165) is 27.0 Å². The molecule has 0 bridgehead atoms. The molecule has 0 radical (unpaired) electrons. The van der Waals surface area contributed by atoms with Gasteiger partial charge in [0.25, 0.3) is 5.91 Å². The van der Waals surface area contributed by atoms with Gasteiger partial charge in [-0.3, -0.25) is 14.9 Å². The van der Waals surface area contributed by atoms with E-state index in [2.05, 4.69) is 10.3 Å². The molecule has 4 aromatic rings. The minimum absolute atomic E-state index is 0.0143. The maximum absolute atomic E-state index is 13.3. The zero-order chi connectivity index (χ0) is 24.3. The van der Waals surface area contributed by atoms with Crippen LogP contribution in [-0.4, -0.2) is 38.7 Å². The number of para-hydroxylation sites is 1. The van der Waals surface area contributed by atoms with Crippen molar-refractivity contribution >= 4 is 39.2 Å². The molecule has 0 spiro atoms. The molecule has 2 N–H and O–H groups in total. The molecular formula is C26H27N3O4S. The van der Waals surface area contributed by atoms with E-state index in [1.807, 2.05) is 75.4 Å². The zero-order valence-corrected chi connectivity index (χ0v) is 20.2. The van der Waals surface area contributed by atoms with Crippen LogP contribution in [0, 0.1) is 0 Å². The number of anilines is 1. The summed E-state index contributed by atoms with van der Waals surface area (Å²) < 4.78 is 7.15. The number of thiazole rings is 1. The van der Waals surface area contributed by atoms with Crippen molar-refractivity contribution in [1.29, 1.82) is 0 Å². The van der Waals surface area contributed by atoms with Crippen molar-refractivity contribution in [3.8, 4) is 11.3 Å². The van der Waals surface area contributed by atoms with Crippen LogP contribution in [0.25, 0.3) is 22.2 Å². The van der Waals surface area contributed by atoms with E-state index >= 15 is 0 Å². The summed E-state index contributed by atoms with van der Waals surface area (Å²) in [6.07, 6.45) is 0.441. The Morgan fingerprint density at radius 1 is 1.09 bits per heavy atom. The van der Waals surface area contributed by atoms with Crippen LogP contribution in [0.4, 0.5) is 5.13 Å². The van der Waals surface area contributed by atoms with Gasteiger partial charge in [0.15, 0.2) is 5.13 Å². The van der Waals surface area contributed by atoms with E-state index in [1.165, 1.54) is 11.3 Å². The molecule has 2 aromatic carbocycles. The fourth-order valence-corrected chi connectivity index (χ4v) is 4.70. The maximum Gasteiger partial charge on any atom is 0.326 e. The third-order valence-corrected chi connectivity index (χ3v) is 6.08. The Hall–Kier alpha value is -3.49. The van der Waals surface area contributed by atoms with Crippen LogP contribution in [0.3, 0.4) is 0 Å². The first kappa shape index (κ1) is 23.7. The first-order chi connectivity index (χ1) is 16.2. The number of fused-ring (bicyclic) bond motifs is 1. The van der Waals surface area contributed by atoms with Crippen LogP contribution in [0.15, 0.2) is 60.7 Å². The number of hydrogen-bond acceptors (Lipinski definition) is 6. The molecule has 4 rings (SSSR count). The molecule has 1 amide bonds. The monoisotopic (exact) mass is 477 g/mol. The van der Waals surface area contributed by atoms with Gasteiger partial charge < -0.3 is 14.4 Å². The fraction of sp³-hybridized carbons (Fsp3) is 0.269. The van der Waals surface area contributed by atoms with Gasteiger partial charge in [-0.1, -0.05) is 48.5 Å². The normalized spacial score (nSPS) is 11.5. The molecule has 0 atom stereocenters. The van der Waals surface area contributed by atoms with Crippen LogP contribution in [-0.2, 0) is 22.5 Å². The van der Waals surface area contributed by atoms with Crippen LogP contribution in [0.5, 0.6) is 0 Å². The van der Waals surface area contributed by atoms with Gasteiger partial charge in [-0.2, -0.15) is 0 Å². The molecular weight excluding hydrogens is 450 g/mol. The molecule has 7 nitrogen and oxygen atoms in total. The average molecular weight is 478 g/mol. The highest BCUT2D eigenvalue weighted by Crippen LogP contribution is 2.32. The Balaban J connectivity index is 1.65. The average Bonchev–Trinajstić information content (AvgIpc) is 3.35.